The van der Waals surface area contributed by atoms with E-state index in [9.17, 15) is 14.4 Å². The second-order valence-corrected chi connectivity index (χ2v) is 8.20. The average molecular weight is 369 g/mol. The smallest absolute Gasteiger partial charge is 0.325 e. The molecule has 0 unspecified atom stereocenters. The molecule has 0 aromatic heterocycles. The summed E-state index contributed by atoms with van der Waals surface area (Å²) in [6, 6.07) is 7.56. The summed E-state index contributed by atoms with van der Waals surface area (Å²) < 4.78 is 0. The zero-order valence-corrected chi connectivity index (χ0v) is 15.9. The zero-order valence-electron chi connectivity index (χ0n) is 15.9. The molecule has 4 rings (SSSR count). The van der Waals surface area contributed by atoms with Gasteiger partial charge in [0.05, 0.1) is 6.54 Å². The maximum absolute atomic E-state index is 13.0. The third-order valence-electron chi connectivity index (χ3n) is 6.31. The van der Waals surface area contributed by atoms with Crippen LogP contribution in [0.15, 0.2) is 24.3 Å². The zero-order chi connectivity index (χ0) is 19.0. The molecule has 2 heterocycles. The van der Waals surface area contributed by atoms with Crippen molar-refractivity contribution in [3.05, 3.63) is 35.4 Å². The van der Waals surface area contributed by atoms with E-state index in [1.807, 2.05) is 36.1 Å². The van der Waals surface area contributed by atoms with Gasteiger partial charge >= 0.3 is 6.03 Å². The third kappa shape index (κ3) is 3.33. The number of urea groups is 1. The Morgan fingerprint density at radius 1 is 1.11 bits per heavy atom. The van der Waals surface area contributed by atoms with Gasteiger partial charge in [-0.25, -0.2) is 4.79 Å². The molecule has 1 aromatic carbocycles. The number of nitrogens with one attached hydrogen (secondary N) is 1. The molecule has 2 aliphatic heterocycles. The molecule has 6 nitrogen and oxygen atoms in total. The fourth-order valence-electron chi connectivity index (χ4n) is 4.59. The van der Waals surface area contributed by atoms with Crippen LogP contribution >= 0.6 is 0 Å². The van der Waals surface area contributed by atoms with Crippen molar-refractivity contribution >= 4 is 17.8 Å². The summed E-state index contributed by atoms with van der Waals surface area (Å²) in [5.74, 6) is 0.0837. The van der Waals surface area contributed by atoms with Crippen LogP contribution in [-0.2, 0) is 16.1 Å². The van der Waals surface area contributed by atoms with E-state index in [-0.39, 0.29) is 23.8 Å². The molecular formula is C21H27N3O3. The highest BCUT2D eigenvalue weighted by molar-refractivity contribution is 6.07. The van der Waals surface area contributed by atoms with Crippen LogP contribution in [0, 0.1) is 12.8 Å². The van der Waals surface area contributed by atoms with Gasteiger partial charge in [-0.15, -0.1) is 0 Å². The van der Waals surface area contributed by atoms with Crippen molar-refractivity contribution in [3.63, 3.8) is 0 Å². The summed E-state index contributed by atoms with van der Waals surface area (Å²) in [4.78, 5) is 41.4. The number of carbonyl (C=O) groups excluding carboxylic acids is 3. The first-order chi connectivity index (χ1) is 13.0. The van der Waals surface area contributed by atoms with Crippen molar-refractivity contribution in [2.45, 2.75) is 57.5 Å². The molecule has 27 heavy (non-hydrogen) atoms. The molecule has 1 aromatic rings. The standard InChI is InChI=1S/C21H27N3O3/c1-15-4-6-16(7-5-15)14-24-19(26)21(22-20(24)27)10-8-17(9-11-21)18(25)23-12-2-3-13-23/h4-7,17H,2-3,8-14H2,1H3,(H,22,27). The lowest BCUT2D eigenvalue weighted by atomic mass is 9.76. The largest absolute Gasteiger partial charge is 0.342 e. The van der Waals surface area contributed by atoms with Crippen LogP contribution in [0.4, 0.5) is 4.79 Å². The second kappa shape index (κ2) is 6.98. The predicted octanol–water partition coefficient (Wildman–Crippen LogP) is 2.60. The monoisotopic (exact) mass is 369 g/mol. The van der Waals surface area contributed by atoms with Crippen LogP contribution in [0.1, 0.15) is 49.7 Å². The maximum Gasteiger partial charge on any atom is 0.325 e. The first-order valence-corrected chi connectivity index (χ1v) is 9.97. The van der Waals surface area contributed by atoms with E-state index >= 15 is 0 Å². The Morgan fingerprint density at radius 3 is 2.37 bits per heavy atom. The lowest BCUT2D eigenvalue weighted by Gasteiger charge is -2.35. The molecule has 2 saturated heterocycles. The molecule has 4 amide bonds. The van der Waals surface area contributed by atoms with Crippen LogP contribution in [0.25, 0.3) is 0 Å². The highest BCUT2D eigenvalue weighted by Crippen LogP contribution is 2.38. The number of nitrogens with zero attached hydrogens (tertiary/aromatic N) is 2. The number of hydrogen-bond donors (Lipinski definition) is 1. The van der Waals surface area contributed by atoms with Crippen LogP contribution in [0.3, 0.4) is 0 Å². The minimum Gasteiger partial charge on any atom is -0.342 e. The van der Waals surface area contributed by atoms with Crippen molar-refractivity contribution in [2.24, 2.45) is 5.92 Å². The third-order valence-corrected chi connectivity index (χ3v) is 6.31. The van der Waals surface area contributed by atoms with Crippen LogP contribution in [0.2, 0.25) is 0 Å². The van der Waals surface area contributed by atoms with Gasteiger partial charge in [0.2, 0.25) is 5.91 Å². The Labute approximate surface area is 159 Å². The van der Waals surface area contributed by atoms with Gasteiger partial charge in [-0.2, -0.15) is 0 Å². The summed E-state index contributed by atoms with van der Waals surface area (Å²) in [5, 5.41) is 2.94. The minimum atomic E-state index is -0.816. The van der Waals surface area contributed by atoms with Crippen molar-refractivity contribution in [1.29, 1.82) is 0 Å². The average Bonchev–Trinajstić information content (AvgIpc) is 3.28. The quantitative estimate of drug-likeness (QED) is 0.833. The molecule has 144 valence electrons. The molecule has 0 bridgehead atoms. The molecule has 3 fully saturated rings. The topological polar surface area (TPSA) is 69.7 Å². The summed E-state index contributed by atoms with van der Waals surface area (Å²) >= 11 is 0. The van der Waals surface area contributed by atoms with Crippen molar-refractivity contribution < 1.29 is 14.4 Å². The number of carbonyl (C=O) groups is 3. The summed E-state index contributed by atoms with van der Waals surface area (Å²) in [6.45, 7) is 4.03. The maximum atomic E-state index is 13.0. The number of hydrogen-bond acceptors (Lipinski definition) is 3. The van der Waals surface area contributed by atoms with E-state index in [1.54, 1.807) is 0 Å². The summed E-state index contributed by atoms with van der Waals surface area (Å²) in [5.41, 5.74) is 1.27. The number of imide groups is 1. The first kappa shape index (κ1) is 18.0. The molecule has 0 atom stereocenters. The van der Waals surface area contributed by atoms with Gasteiger partial charge in [0, 0.05) is 19.0 Å². The van der Waals surface area contributed by atoms with Crippen molar-refractivity contribution in [1.82, 2.24) is 15.1 Å². The highest BCUT2D eigenvalue weighted by atomic mass is 16.2. The van der Waals surface area contributed by atoms with Crippen molar-refractivity contribution in [3.8, 4) is 0 Å². The van der Waals surface area contributed by atoms with E-state index in [2.05, 4.69) is 5.32 Å². The minimum absolute atomic E-state index is 0.00965. The molecule has 1 spiro atoms. The van der Waals surface area contributed by atoms with E-state index < -0.39 is 5.54 Å². The van der Waals surface area contributed by atoms with Crippen LogP contribution in [0.5, 0.6) is 0 Å². The van der Waals surface area contributed by atoms with Crippen LogP contribution in [-0.4, -0.2) is 46.3 Å². The van der Waals surface area contributed by atoms with Crippen molar-refractivity contribution in [2.75, 3.05) is 13.1 Å². The van der Waals surface area contributed by atoms with Gasteiger partial charge in [0.25, 0.3) is 5.91 Å². The van der Waals surface area contributed by atoms with E-state index in [0.717, 1.165) is 37.1 Å². The molecule has 0 radical (unpaired) electrons. The highest BCUT2D eigenvalue weighted by Gasteiger charge is 2.53. The van der Waals surface area contributed by atoms with Crippen LogP contribution < -0.4 is 5.32 Å². The number of benzene rings is 1. The normalized spacial score (nSPS) is 28.1. The van der Waals surface area contributed by atoms with Gasteiger partial charge in [-0.1, -0.05) is 29.8 Å². The predicted molar refractivity (Wildman–Crippen MR) is 101 cm³/mol. The molecule has 1 saturated carbocycles. The molecule has 3 aliphatic rings. The Bertz CT molecular complexity index is 744. The van der Waals surface area contributed by atoms with Gasteiger partial charge in [0.15, 0.2) is 0 Å². The summed E-state index contributed by atoms with van der Waals surface area (Å²) in [7, 11) is 0. The fourth-order valence-corrected chi connectivity index (χ4v) is 4.59. The van der Waals surface area contributed by atoms with Gasteiger partial charge in [-0.05, 0) is 51.0 Å². The van der Waals surface area contributed by atoms with E-state index in [0.29, 0.717) is 32.2 Å². The van der Waals surface area contributed by atoms with Gasteiger partial charge < -0.3 is 10.2 Å². The molecular weight excluding hydrogens is 342 g/mol. The second-order valence-electron chi connectivity index (χ2n) is 8.20. The SMILES string of the molecule is Cc1ccc(CN2C(=O)NC3(CCC(C(=O)N4CCCC4)CC3)C2=O)cc1. The Kier molecular flexibility index (Phi) is 4.66. The number of amides is 4. The molecule has 1 aliphatic carbocycles. The Morgan fingerprint density at radius 2 is 1.74 bits per heavy atom. The molecule has 6 heteroatoms. The number of rotatable bonds is 3. The number of likely N-dealkylation sites (tertiary alicyclic amines) is 1. The van der Waals surface area contributed by atoms with Gasteiger partial charge in [0.1, 0.15) is 5.54 Å². The van der Waals surface area contributed by atoms with E-state index in [1.165, 1.54) is 4.90 Å². The lowest BCUT2D eigenvalue weighted by Crippen LogP contribution is -2.51. The van der Waals surface area contributed by atoms with E-state index in [4.69, 9.17) is 0 Å². The Hall–Kier alpha value is -2.37. The Balaban J connectivity index is 1.41. The fraction of sp³-hybridized carbons (Fsp3) is 0.571. The lowest BCUT2D eigenvalue weighted by molar-refractivity contribution is -0.139. The molecule has 1 N–H and O–H groups in total. The number of aryl methyl sites for hydroxylation is 1. The summed E-state index contributed by atoms with van der Waals surface area (Å²) in [6.07, 6.45) is 4.60. The first-order valence-electron chi connectivity index (χ1n) is 9.97. The van der Waals surface area contributed by atoms with Gasteiger partial charge in [-0.3, -0.25) is 14.5 Å².